The SMILES string of the molecule is CCC(C)N=C(C=NO)C(C)c1ccc(Cl)nc1. The lowest BCUT2D eigenvalue weighted by Crippen LogP contribution is -2.14. The summed E-state index contributed by atoms with van der Waals surface area (Å²) in [5, 5.41) is 12.3. The molecule has 0 aromatic carbocycles. The summed E-state index contributed by atoms with van der Waals surface area (Å²) in [6, 6.07) is 3.84. The Hall–Kier alpha value is -1.42. The summed E-state index contributed by atoms with van der Waals surface area (Å²) in [5.41, 5.74) is 1.72. The number of nitrogens with zero attached hydrogens (tertiary/aromatic N) is 3. The Morgan fingerprint density at radius 2 is 2.22 bits per heavy atom. The molecule has 0 amide bonds. The molecule has 0 bridgehead atoms. The summed E-state index contributed by atoms with van der Waals surface area (Å²) in [6.07, 6.45) is 4.03. The Balaban J connectivity index is 2.99. The fourth-order valence-corrected chi connectivity index (χ4v) is 1.59. The third kappa shape index (κ3) is 4.11. The van der Waals surface area contributed by atoms with Gasteiger partial charge in [-0.15, -0.1) is 0 Å². The topological polar surface area (TPSA) is 57.8 Å². The predicted octanol–water partition coefficient (Wildman–Crippen LogP) is 3.54. The van der Waals surface area contributed by atoms with Crippen molar-refractivity contribution in [1.82, 2.24) is 4.98 Å². The highest BCUT2D eigenvalue weighted by molar-refractivity contribution is 6.33. The quantitative estimate of drug-likeness (QED) is 0.384. The van der Waals surface area contributed by atoms with E-state index in [9.17, 15) is 0 Å². The Morgan fingerprint density at radius 3 is 2.72 bits per heavy atom. The van der Waals surface area contributed by atoms with Gasteiger partial charge in [-0.2, -0.15) is 0 Å². The van der Waals surface area contributed by atoms with E-state index < -0.39 is 0 Å². The first-order valence-electron chi connectivity index (χ1n) is 5.95. The van der Waals surface area contributed by atoms with Crippen LogP contribution in [0.4, 0.5) is 0 Å². The second-order valence-electron chi connectivity index (χ2n) is 4.19. The van der Waals surface area contributed by atoms with Crippen molar-refractivity contribution in [3.63, 3.8) is 0 Å². The maximum atomic E-state index is 8.71. The molecule has 0 saturated heterocycles. The van der Waals surface area contributed by atoms with Gasteiger partial charge in [-0.25, -0.2) is 4.98 Å². The summed E-state index contributed by atoms with van der Waals surface area (Å²) in [5.74, 6) is 0.0136. The smallest absolute Gasteiger partial charge is 0.129 e. The third-order valence-corrected chi connectivity index (χ3v) is 3.07. The van der Waals surface area contributed by atoms with E-state index in [0.29, 0.717) is 5.15 Å². The Morgan fingerprint density at radius 1 is 1.50 bits per heavy atom. The van der Waals surface area contributed by atoms with Crippen LogP contribution in [-0.2, 0) is 0 Å². The van der Waals surface area contributed by atoms with E-state index in [1.54, 1.807) is 12.3 Å². The molecular formula is C13H18ClN3O. The fourth-order valence-electron chi connectivity index (χ4n) is 1.48. The molecule has 1 heterocycles. The van der Waals surface area contributed by atoms with Gasteiger partial charge in [0.2, 0.25) is 0 Å². The molecule has 0 fully saturated rings. The van der Waals surface area contributed by atoms with Gasteiger partial charge in [0.05, 0.1) is 11.9 Å². The average Bonchev–Trinajstić information content (AvgIpc) is 2.38. The van der Waals surface area contributed by atoms with Crippen LogP contribution in [0, 0.1) is 0 Å². The molecule has 1 N–H and O–H groups in total. The number of oxime groups is 1. The predicted molar refractivity (Wildman–Crippen MR) is 75.1 cm³/mol. The standard InChI is InChI=1S/C13H18ClN3O/c1-4-9(2)17-12(8-16-18)10(3)11-5-6-13(14)15-7-11/h5-10,18H,4H2,1-3H3. The molecule has 18 heavy (non-hydrogen) atoms. The van der Waals surface area contributed by atoms with E-state index in [4.69, 9.17) is 16.8 Å². The van der Waals surface area contributed by atoms with Crippen molar-refractivity contribution in [2.75, 3.05) is 0 Å². The van der Waals surface area contributed by atoms with E-state index in [-0.39, 0.29) is 12.0 Å². The van der Waals surface area contributed by atoms with Crippen LogP contribution < -0.4 is 0 Å². The van der Waals surface area contributed by atoms with Gasteiger partial charge < -0.3 is 5.21 Å². The minimum absolute atomic E-state index is 0.0136. The Labute approximate surface area is 112 Å². The molecule has 2 unspecified atom stereocenters. The molecule has 1 aromatic heterocycles. The van der Waals surface area contributed by atoms with Crippen LogP contribution in [-0.4, -0.2) is 28.2 Å². The summed E-state index contributed by atoms with van der Waals surface area (Å²) in [7, 11) is 0. The lowest BCUT2D eigenvalue weighted by molar-refractivity contribution is 0.322. The van der Waals surface area contributed by atoms with Crippen molar-refractivity contribution < 1.29 is 5.21 Å². The van der Waals surface area contributed by atoms with E-state index >= 15 is 0 Å². The number of halogens is 1. The first kappa shape index (κ1) is 14.6. The molecule has 4 nitrogen and oxygen atoms in total. The normalized spacial score (nSPS) is 15.9. The number of hydrogen-bond acceptors (Lipinski definition) is 4. The van der Waals surface area contributed by atoms with Crippen LogP contribution in [0.3, 0.4) is 0 Å². The Kier molecular flexibility index (Phi) is 5.78. The van der Waals surface area contributed by atoms with Gasteiger partial charge in [-0.05, 0) is 25.0 Å². The highest BCUT2D eigenvalue weighted by Gasteiger charge is 2.13. The minimum Gasteiger partial charge on any atom is -0.411 e. The fraction of sp³-hybridized carbons (Fsp3) is 0.462. The molecule has 98 valence electrons. The van der Waals surface area contributed by atoms with Gasteiger partial charge in [-0.3, -0.25) is 4.99 Å². The van der Waals surface area contributed by atoms with Crippen LogP contribution in [0.15, 0.2) is 28.5 Å². The van der Waals surface area contributed by atoms with Gasteiger partial charge >= 0.3 is 0 Å². The van der Waals surface area contributed by atoms with Gasteiger partial charge in [0.1, 0.15) is 5.15 Å². The zero-order chi connectivity index (χ0) is 13.5. The van der Waals surface area contributed by atoms with Gasteiger partial charge in [-0.1, -0.05) is 36.7 Å². The second-order valence-corrected chi connectivity index (χ2v) is 4.58. The molecule has 0 spiro atoms. The van der Waals surface area contributed by atoms with Crippen molar-refractivity contribution in [2.45, 2.75) is 39.2 Å². The highest BCUT2D eigenvalue weighted by Crippen LogP contribution is 2.18. The number of pyridine rings is 1. The molecule has 0 aliphatic rings. The lowest BCUT2D eigenvalue weighted by Gasteiger charge is -2.13. The summed E-state index contributed by atoms with van der Waals surface area (Å²) >= 11 is 5.76. The van der Waals surface area contributed by atoms with Crippen molar-refractivity contribution in [3.8, 4) is 0 Å². The number of hydrogen-bond donors (Lipinski definition) is 1. The largest absolute Gasteiger partial charge is 0.411 e. The molecule has 1 rings (SSSR count). The van der Waals surface area contributed by atoms with Crippen LogP contribution in [0.25, 0.3) is 0 Å². The molecule has 0 radical (unpaired) electrons. The third-order valence-electron chi connectivity index (χ3n) is 2.84. The first-order chi connectivity index (χ1) is 8.58. The molecular weight excluding hydrogens is 250 g/mol. The molecule has 0 aliphatic carbocycles. The minimum atomic E-state index is 0.0136. The lowest BCUT2D eigenvalue weighted by atomic mass is 9.98. The van der Waals surface area contributed by atoms with Crippen molar-refractivity contribution >= 4 is 23.5 Å². The molecule has 2 atom stereocenters. The maximum absolute atomic E-state index is 8.71. The van der Waals surface area contributed by atoms with Gasteiger partial charge in [0.15, 0.2) is 0 Å². The van der Waals surface area contributed by atoms with Gasteiger partial charge in [0, 0.05) is 18.2 Å². The van der Waals surface area contributed by atoms with Gasteiger partial charge in [0.25, 0.3) is 0 Å². The molecule has 0 aliphatic heterocycles. The summed E-state index contributed by atoms with van der Waals surface area (Å²) in [4.78, 5) is 8.58. The summed E-state index contributed by atoms with van der Waals surface area (Å²) in [6.45, 7) is 6.09. The maximum Gasteiger partial charge on any atom is 0.129 e. The van der Waals surface area contributed by atoms with E-state index in [0.717, 1.165) is 17.7 Å². The molecule has 1 aromatic rings. The summed E-state index contributed by atoms with van der Waals surface area (Å²) < 4.78 is 0. The van der Waals surface area contributed by atoms with E-state index in [2.05, 4.69) is 22.1 Å². The zero-order valence-electron chi connectivity index (χ0n) is 10.8. The van der Waals surface area contributed by atoms with Crippen molar-refractivity contribution in [1.29, 1.82) is 0 Å². The molecule has 0 saturated carbocycles. The first-order valence-corrected chi connectivity index (χ1v) is 6.32. The van der Waals surface area contributed by atoms with E-state index in [1.807, 2.05) is 19.9 Å². The Bertz CT molecular complexity index is 428. The molecule has 5 heteroatoms. The van der Waals surface area contributed by atoms with Crippen LogP contribution in [0.2, 0.25) is 5.15 Å². The number of aromatic nitrogens is 1. The van der Waals surface area contributed by atoms with E-state index in [1.165, 1.54) is 6.21 Å². The van der Waals surface area contributed by atoms with Crippen LogP contribution in [0.5, 0.6) is 0 Å². The average molecular weight is 268 g/mol. The monoisotopic (exact) mass is 267 g/mol. The number of aliphatic imine (C=N–C) groups is 1. The van der Waals surface area contributed by atoms with Crippen LogP contribution in [0.1, 0.15) is 38.7 Å². The highest BCUT2D eigenvalue weighted by atomic mass is 35.5. The van der Waals surface area contributed by atoms with Crippen molar-refractivity contribution in [2.24, 2.45) is 10.1 Å². The van der Waals surface area contributed by atoms with Crippen molar-refractivity contribution in [3.05, 3.63) is 29.0 Å². The zero-order valence-corrected chi connectivity index (χ0v) is 11.6. The van der Waals surface area contributed by atoms with Crippen LogP contribution >= 0.6 is 11.6 Å². The number of rotatable bonds is 5. The second kappa shape index (κ2) is 7.11.